The highest BCUT2D eigenvalue weighted by Crippen LogP contribution is 2.27. The Balaban J connectivity index is 1.86. The second kappa shape index (κ2) is 9.53. The molecule has 28 heavy (non-hydrogen) atoms. The Labute approximate surface area is 168 Å². The smallest absolute Gasteiger partial charge is 0.257 e. The Kier molecular flexibility index (Phi) is 6.59. The number of nitrogens with one attached hydrogen (secondary N) is 2. The van der Waals surface area contributed by atoms with Gasteiger partial charge in [-0.3, -0.25) is 15.1 Å². The number of nitrogens with zero attached hydrogens (tertiary/aromatic N) is 2. The minimum Gasteiger partial charge on any atom is -0.495 e. The van der Waals surface area contributed by atoms with E-state index >= 15 is 0 Å². The number of hydrogen-bond acceptors (Lipinski definition) is 4. The van der Waals surface area contributed by atoms with E-state index in [-0.39, 0.29) is 11.9 Å². The van der Waals surface area contributed by atoms with Crippen LogP contribution in [0.1, 0.15) is 16.1 Å². The second-order valence-electron chi connectivity index (χ2n) is 5.78. The number of rotatable bonds is 5. The van der Waals surface area contributed by atoms with Gasteiger partial charge in [0.25, 0.3) is 5.91 Å². The van der Waals surface area contributed by atoms with Gasteiger partial charge in [0.1, 0.15) is 5.75 Å². The third-order valence-electron chi connectivity index (χ3n) is 3.81. The summed E-state index contributed by atoms with van der Waals surface area (Å²) < 4.78 is 5.35. The zero-order valence-electron chi connectivity index (χ0n) is 15.2. The highest BCUT2D eigenvalue weighted by Gasteiger charge is 2.12. The SMILES string of the molecule is COc1ccc(Cl)cc1NC(=NCc1ccccn1)NC(=O)c1ccccc1. The maximum Gasteiger partial charge on any atom is 0.257 e. The monoisotopic (exact) mass is 394 g/mol. The lowest BCUT2D eigenvalue weighted by Crippen LogP contribution is -2.36. The van der Waals surface area contributed by atoms with Crippen molar-refractivity contribution in [1.29, 1.82) is 0 Å². The van der Waals surface area contributed by atoms with Crippen LogP contribution in [0.25, 0.3) is 0 Å². The van der Waals surface area contributed by atoms with E-state index < -0.39 is 0 Å². The van der Waals surface area contributed by atoms with Gasteiger partial charge >= 0.3 is 0 Å². The lowest BCUT2D eigenvalue weighted by molar-refractivity contribution is 0.0977. The highest BCUT2D eigenvalue weighted by atomic mass is 35.5. The van der Waals surface area contributed by atoms with Crippen LogP contribution < -0.4 is 15.4 Å². The van der Waals surface area contributed by atoms with Gasteiger partial charge in [-0.1, -0.05) is 35.9 Å². The summed E-state index contributed by atoms with van der Waals surface area (Å²) in [5.74, 6) is 0.554. The third-order valence-corrected chi connectivity index (χ3v) is 4.04. The first-order valence-corrected chi connectivity index (χ1v) is 8.95. The summed E-state index contributed by atoms with van der Waals surface area (Å²) in [5, 5.41) is 6.42. The largest absolute Gasteiger partial charge is 0.495 e. The molecular formula is C21H19ClN4O2. The number of guanidine groups is 1. The van der Waals surface area contributed by atoms with Gasteiger partial charge in [0.2, 0.25) is 5.96 Å². The number of pyridine rings is 1. The second-order valence-corrected chi connectivity index (χ2v) is 6.21. The van der Waals surface area contributed by atoms with E-state index in [4.69, 9.17) is 16.3 Å². The van der Waals surface area contributed by atoms with Crippen molar-refractivity contribution in [1.82, 2.24) is 10.3 Å². The van der Waals surface area contributed by atoms with Gasteiger partial charge < -0.3 is 10.1 Å². The van der Waals surface area contributed by atoms with Gasteiger partial charge in [0.15, 0.2) is 0 Å². The van der Waals surface area contributed by atoms with Crippen molar-refractivity contribution in [3.05, 3.63) is 89.2 Å². The molecule has 6 nitrogen and oxygen atoms in total. The van der Waals surface area contributed by atoms with Crippen molar-refractivity contribution in [3.63, 3.8) is 0 Å². The molecule has 1 heterocycles. The molecule has 0 fully saturated rings. The van der Waals surface area contributed by atoms with Crippen LogP contribution >= 0.6 is 11.6 Å². The van der Waals surface area contributed by atoms with Crippen molar-refractivity contribution in [2.45, 2.75) is 6.54 Å². The zero-order chi connectivity index (χ0) is 19.8. The number of ether oxygens (including phenoxy) is 1. The Bertz CT molecular complexity index is 963. The van der Waals surface area contributed by atoms with Crippen LogP contribution in [-0.4, -0.2) is 24.0 Å². The molecule has 2 N–H and O–H groups in total. The first-order chi connectivity index (χ1) is 13.7. The number of aromatic nitrogens is 1. The third kappa shape index (κ3) is 5.31. The van der Waals surface area contributed by atoms with E-state index in [9.17, 15) is 4.79 Å². The minimum absolute atomic E-state index is 0.264. The predicted molar refractivity (Wildman–Crippen MR) is 111 cm³/mol. The lowest BCUT2D eigenvalue weighted by atomic mass is 10.2. The molecular weight excluding hydrogens is 376 g/mol. The average molecular weight is 395 g/mol. The Morgan fingerprint density at radius 2 is 1.89 bits per heavy atom. The number of halogens is 1. The fourth-order valence-electron chi connectivity index (χ4n) is 2.44. The van der Waals surface area contributed by atoms with E-state index in [0.29, 0.717) is 28.6 Å². The molecule has 0 aliphatic rings. The summed E-state index contributed by atoms with van der Waals surface area (Å²) in [6.45, 7) is 0.293. The van der Waals surface area contributed by atoms with Gasteiger partial charge in [0, 0.05) is 16.8 Å². The molecule has 3 aromatic rings. The normalized spacial score (nSPS) is 11.0. The minimum atomic E-state index is -0.283. The van der Waals surface area contributed by atoms with Gasteiger partial charge in [-0.15, -0.1) is 0 Å². The Morgan fingerprint density at radius 1 is 1.11 bits per heavy atom. The number of carbonyl (C=O) groups is 1. The predicted octanol–water partition coefficient (Wildman–Crippen LogP) is 4.14. The van der Waals surface area contributed by atoms with Crippen molar-refractivity contribution < 1.29 is 9.53 Å². The first-order valence-electron chi connectivity index (χ1n) is 8.57. The highest BCUT2D eigenvalue weighted by molar-refractivity contribution is 6.31. The van der Waals surface area contributed by atoms with Crippen LogP contribution in [-0.2, 0) is 6.54 Å². The van der Waals surface area contributed by atoms with E-state index in [1.807, 2.05) is 24.3 Å². The van der Waals surface area contributed by atoms with E-state index in [1.165, 1.54) is 0 Å². The first kappa shape index (κ1) is 19.4. The molecule has 0 saturated carbocycles. The maximum atomic E-state index is 12.6. The van der Waals surface area contributed by atoms with E-state index in [2.05, 4.69) is 20.6 Å². The lowest BCUT2D eigenvalue weighted by Gasteiger charge is -2.14. The molecule has 0 spiro atoms. The van der Waals surface area contributed by atoms with Crippen LogP contribution in [0.5, 0.6) is 5.75 Å². The van der Waals surface area contributed by atoms with Crippen molar-refractivity contribution in [2.75, 3.05) is 12.4 Å². The molecule has 0 bridgehead atoms. The van der Waals surface area contributed by atoms with Gasteiger partial charge in [-0.25, -0.2) is 4.99 Å². The van der Waals surface area contributed by atoms with Crippen molar-refractivity contribution in [2.24, 2.45) is 4.99 Å². The van der Waals surface area contributed by atoms with E-state index in [0.717, 1.165) is 5.69 Å². The number of carbonyl (C=O) groups excluding carboxylic acids is 1. The molecule has 0 aliphatic carbocycles. The summed E-state index contributed by atoms with van der Waals surface area (Å²) in [5.41, 5.74) is 1.88. The number of anilines is 1. The average Bonchev–Trinajstić information content (AvgIpc) is 2.73. The molecule has 1 aromatic heterocycles. The van der Waals surface area contributed by atoms with E-state index in [1.54, 1.807) is 55.8 Å². The number of aliphatic imine (C=N–C) groups is 1. The van der Waals surface area contributed by atoms with Crippen LogP contribution in [0.15, 0.2) is 77.9 Å². The van der Waals surface area contributed by atoms with Gasteiger partial charge in [0.05, 0.1) is 25.0 Å². The number of hydrogen-bond donors (Lipinski definition) is 2. The Hall–Kier alpha value is -3.38. The molecule has 7 heteroatoms. The zero-order valence-corrected chi connectivity index (χ0v) is 16.0. The standard InChI is InChI=1S/C21H19ClN4O2/c1-28-19-11-10-16(22)13-18(19)25-21(24-14-17-9-5-6-12-23-17)26-20(27)15-7-3-2-4-8-15/h2-13H,14H2,1H3,(H2,24,25,26,27). The molecule has 0 saturated heterocycles. The maximum absolute atomic E-state index is 12.6. The summed E-state index contributed by atoms with van der Waals surface area (Å²) in [4.78, 5) is 21.3. The molecule has 3 rings (SSSR count). The van der Waals surface area contributed by atoms with Crippen molar-refractivity contribution in [3.8, 4) is 5.75 Å². The topological polar surface area (TPSA) is 75.6 Å². The van der Waals surface area contributed by atoms with Crippen LogP contribution in [0, 0.1) is 0 Å². The molecule has 0 atom stereocenters. The summed E-state index contributed by atoms with van der Waals surface area (Å²) in [6.07, 6.45) is 1.69. The van der Waals surface area contributed by atoms with Gasteiger partial charge in [-0.2, -0.15) is 0 Å². The fourth-order valence-corrected chi connectivity index (χ4v) is 2.61. The summed E-state index contributed by atoms with van der Waals surface area (Å²) in [7, 11) is 1.56. The molecule has 142 valence electrons. The van der Waals surface area contributed by atoms with Crippen LogP contribution in [0.4, 0.5) is 5.69 Å². The van der Waals surface area contributed by atoms with Crippen LogP contribution in [0.2, 0.25) is 5.02 Å². The van der Waals surface area contributed by atoms with Crippen LogP contribution in [0.3, 0.4) is 0 Å². The number of amides is 1. The number of benzene rings is 2. The molecule has 1 amide bonds. The molecule has 0 aliphatic heterocycles. The molecule has 2 aromatic carbocycles. The summed E-state index contributed by atoms with van der Waals surface area (Å²) in [6, 6.07) is 19.6. The quantitative estimate of drug-likeness (QED) is 0.503. The Morgan fingerprint density at radius 3 is 2.61 bits per heavy atom. The van der Waals surface area contributed by atoms with Gasteiger partial charge in [-0.05, 0) is 42.5 Å². The summed E-state index contributed by atoms with van der Waals surface area (Å²) >= 11 is 6.10. The van der Waals surface area contributed by atoms with Crippen molar-refractivity contribution >= 4 is 29.2 Å². The molecule has 0 radical (unpaired) electrons. The fraction of sp³-hybridized carbons (Fsp3) is 0.0952. The molecule has 0 unspecified atom stereocenters. The number of methoxy groups -OCH3 is 1.